The molecule has 0 spiro atoms. The first-order valence-electron chi connectivity index (χ1n) is 6.50. The number of hydrogen-bond acceptors (Lipinski definition) is 4. The lowest BCUT2D eigenvalue weighted by Crippen LogP contribution is -2.46. The van der Waals surface area contributed by atoms with E-state index in [1.54, 1.807) is 4.90 Å². The van der Waals surface area contributed by atoms with Gasteiger partial charge >= 0.3 is 6.09 Å². The van der Waals surface area contributed by atoms with Gasteiger partial charge in [0.25, 0.3) is 0 Å². The van der Waals surface area contributed by atoms with Gasteiger partial charge in [-0.25, -0.2) is 4.79 Å². The molecule has 108 valence electrons. The number of likely N-dealkylation sites (tertiary alicyclic amines) is 1. The maximum absolute atomic E-state index is 11.9. The third kappa shape index (κ3) is 5.36. The first-order chi connectivity index (χ1) is 8.83. The Bertz CT molecular complexity index is 360. The van der Waals surface area contributed by atoms with Crippen molar-refractivity contribution >= 4 is 6.09 Å². The van der Waals surface area contributed by atoms with Crippen LogP contribution in [0.3, 0.4) is 0 Å². The van der Waals surface area contributed by atoms with Crippen LogP contribution in [0.2, 0.25) is 0 Å². The van der Waals surface area contributed by atoms with Crippen LogP contribution in [0.25, 0.3) is 10.4 Å². The molecule has 0 aromatic carbocycles. The Morgan fingerprint density at radius 3 is 2.89 bits per heavy atom. The third-order valence-corrected chi connectivity index (χ3v) is 2.99. The third-order valence-electron chi connectivity index (χ3n) is 2.99. The van der Waals surface area contributed by atoms with Gasteiger partial charge in [-0.15, -0.1) is 0 Å². The van der Waals surface area contributed by atoms with Gasteiger partial charge in [-0.1, -0.05) is 5.11 Å². The normalized spacial score (nSPS) is 21.5. The highest BCUT2D eigenvalue weighted by Gasteiger charge is 2.30. The van der Waals surface area contributed by atoms with Gasteiger partial charge in [-0.3, -0.25) is 0 Å². The topological polar surface area (TPSA) is 98.5 Å². The maximum atomic E-state index is 11.9. The number of nitrogens with zero attached hydrogens (tertiary/aromatic N) is 4. The molecule has 0 aromatic heterocycles. The van der Waals surface area contributed by atoms with E-state index in [2.05, 4.69) is 10.0 Å². The average molecular weight is 270 g/mol. The second kappa shape index (κ2) is 6.63. The van der Waals surface area contributed by atoms with Crippen LogP contribution >= 0.6 is 0 Å². The number of azide groups is 1. The largest absolute Gasteiger partial charge is 0.444 e. The molecule has 1 aliphatic heterocycles. The molecule has 0 aliphatic carbocycles. The standard InChI is InChI=1S/C12H22N4O3/c1-12(2,3)19-11(18)16-6-4-5-9(8-16)10(17)7-14-15-13/h9-10,17H,4-8H2,1-3H3/t9-,10-/m1/s1. The molecule has 1 amide bonds. The molecular weight excluding hydrogens is 248 g/mol. The summed E-state index contributed by atoms with van der Waals surface area (Å²) in [6, 6.07) is 0. The Kier molecular flexibility index (Phi) is 5.44. The van der Waals surface area contributed by atoms with Crippen LogP contribution < -0.4 is 0 Å². The SMILES string of the molecule is CC(C)(C)OC(=O)N1CCC[C@@H]([C@H](O)CN=[N+]=[N-])C1. The second-order valence-corrected chi connectivity index (χ2v) is 5.81. The van der Waals surface area contributed by atoms with E-state index in [9.17, 15) is 9.90 Å². The minimum absolute atomic E-state index is 0.0450. The van der Waals surface area contributed by atoms with Gasteiger partial charge in [-0.2, -0.15) is 0 Å². The lowest BCUT2D eigenvalue weighted by molar-refractivity contribution is 0.00417. The molecule has 0 saturated carbocycles. The van der Waals surface area contributed by atoms with Crippen molar-refractivity contribution in [3.05, 3.63) is 10.4 Å². The van der Waals surface area contributed by atoms with E-state index >= 15 is 0 Å². The van der Waals surface area contributed by atoms with Crippen molar-refractivity contribution in [2.45, 2.75) is 45.3 Å². The number of aliphatic hydroxyl groups excluding tert-OH is 1. The highest BCUT2D eigenvalue weighted by Crippen LogP contribution is 2.22. The predicted molar refractivity (Wildman–Crippen MR) is 70.6 cm³/mol. The number of aliphatic hydroxyl groups is 1. The smallest absolute Gasteiger partial charge is 0.410 e. The molecule has 1 fully saturated rings. The molecule has 7 heteroatoms. The molecular formula is C12H22N4O3. The highest BCUT2D eigenvalue weighted by atomic mass is 16.6. The summed E-state index contributed by atoms with van der Waals surface area (Å²) in [6.45, 7) is 6.59. The summed E-state index contributed by atoms with van der Waals surface area (Å²) in [5.41, 5.74) is 7.72. The number of amides is 1. The molecule has 0 aromatic rings. The molecule has 2 atom stereocenters. The minimum atomic E-state index is -0.707. The van der Waals surface area contributed by atoms with E-state index in [0.717, 1.165) is 12.8 Å². The van der Waals surface area contributed by atoms with Crippen LogP contribution in [-0.2, 0) is 4.74 Å². The van der Waals surface area contributed by atoms with Crippen LogP contribution in [0.5, 0.6) is 0 Å². The van der Waals surface area contributed by atoms with Crippen molar-refractivity contribution in [3.63, 3.8) is 0 Å². The molecule has 1 N–H and O–H groups in total. The van der Waals surface area contributed by atoms with Gasteiger partial charge in [0.1, 0.15) is 5.60 Å². The fourth-order valence-corrected chi connectivity index (χ4v) is 2.09. The molecule has 0 bridgehead atoms. The van der Waals surface area contributed by atoms with Crippen LogP contribution in [0, 0.1) is 5.92 Å². The second-order valence-electron chi connectivity index (χ2n) is 5.81. The lowest BCUT2D eigenvalue weighted by Gasteiger charge is -2.35. The van der Waals surface area contributed by atoms with Gasteiger partial charge in [0.15, 0.2) is 0 Å². The molecule has 1 heterocycles. The summed E-state index contributed by atoms with van der Waals surface area (Å²) in [6.07, 6.45) is 0.577. The number of carbonyl (C=O) groups is 1. The van der Waals surface area contributed by atoms with Crippen LogP contribution in [-0.4, -0.2) is 47.4 Å². The molecule has 19 heavy (non-hydrogen) atoms. The Labute approximate surface area is 113 Å². The van der Waals surface area contributed by atoms with E-state index in [1.165, 1.54) is 0 Å². The number of hydrogen-bond donors (Lipinski definition) is 1. The minimum Gasteiger partial charge on any atom is -0.444 e. The summed E-state index contributed by atoms with van der Waals surface area (Å²) < 4.78 is 5.31. The first-order valence-corrected chi connectivity index (χ1v) is 6.50. The molecule has 1 aliphatic rings. The number of carbonyl (C=O) groups excluding carboxylic acids is 1. The average Bonchev–Trinajstić information content (AvgIpc) is 2.34. The molecule has 1 saturated heterocycles. The van der Waals surface area contributed by atoms with Crippen molar-refractivity contribution in [2.24, 2.45) is 11.0 Å². The summed E-state index contributed by atoms with van der Waals surface area (Å²) in [5.74, 6) is -0.0632. The molecule has 0 radical (unpaired) electrons. The summed E-state index contributed by atoms with van der Waals surface area (Å²) in [5, 5.41) is 13.3. The van der Waals surface area contributed by atoms with Crippen molar-refractivity contribution in [3.8, 4) is 0 Å². The predicted octanol–water partition coefficient (Wildman–Crippen LogP) is 2.30. The van der Waals surface area contributed by atoms with E-state index in [0.29, 0.717) is 13.1 Å². The fraction of sp³-hybridized carbons (Fsp3) is 0.917. The van der Waals surface area contributed by atoms with Crippen LogP contribution in [0.1, 0.15) is 33.6 Å². The zero-order chi connectivity index (χ0) is 14.5. The molecule has 0 unspecified atom stereocenters. The Balaban J connectivity index is 2.54. The van der Waals surface area contributed by atoms with E-state index in [-0.39, 0.29) is 18.6 Å². The number of rotatable bonds is 3. The monoisotopic (exact) mass is 270 g/mol. The number of piperidine rings is 1. The van der Waals surface area contributed by atoms with Crippen LogP contribution in [0.15, 0.2) is 5.11 Å². The van der Waals surface area contributed by atoms with Gasteiger partial charge in [-0.05, 0) is 39.1 Å². The van der Waals surface area contributed by atoms with Gasteiger partial charge in [0.2, 0.25) is 0 Å². The number of ether oxygens (including phenoxy) is 1. The van der Waals surface area contributed by atoms with Crippen molar-refractivity contribution in [1.29, 1.82) is 0 Å². The summed E-state index contributed by atoms with van der Waals surface area (Å²) >= 11 is 0. The van der Waals surface area contributed by atoms with Gasteiger partial charge < -0.3 is 14.7 Å². The quantitative estimate of drug-likeness (QED) is 0.484. The summed E-state index contributed by atoms with van der Waals surface area (Å²) in [7, 11) is 0. The fourth-order valence-electron chi connectivity index (χ4n) is 2.09. The zero-order valence-corrected chi connectivity index (χ0v) is 11.7. The van der Waals surface area contributed by atoms with Crippen molar-refractivity contribution < 1.29 is 14.6 Å². The van der Waals surface area contributed by atoms with Gasteiger partial charge in [0, 0.05) is 23.9 Å². The molecule has 7 nitrogen and oxygen atoms in total. The Morgan fingerprint density at radius 1 is 1.63 bits per heavy atom. The van der Waals surface area contributed by atoms with Crippen LogP contribution in [0.4, 0.5) is 4.79 Å². The Hall–Kier alpha value is -1.46. The highest BCUT2D eigenvalue weighted by molar-refractivity contribution is 5.68. The molecule has 1 rings (SSSR count). The first kappa shape index (κ1) is 15.6. The summed E-state index contributed by atoms with van der Waals surface area (Å²) in [4.78, 5) is 16.2. The van der Waals surface area contributed by atoms with E-state index in [4.69, 9.17) is 10.3 Å². The van der Waals surface area contributed by atoms with E-state index < -0.39 is 11.7 Å². The lowest BCUT2D eigenvalue weighted by atomic mass is 9.93. The maximum Gasteiger partial charge on any atom is 0.410 e. The van der Waals surface area contributed by atoms with Crippen molar-refractivity contribution in [1.82, 2.24) is 4.90 Å². The van der Waals surface area contributed by atoms with Crippen molar-refractivity contribution in [2.75, 3.05) is 19.6 Å². The van der Waals surface area contributed by atoms with E-state index in [1.807, 2.05) is 20.8 Å². The van der Waals surface area contributed by atoms with Gasteiger partial charge in [0.05, 0.1) is 12.6 Å². The zero-order valence-electron chi connectivity index (χ0n) is 11.7. The Morgan fingerprint density at radius 2 is 2.32 bits per heavy atom.